The molecule has 0 aromatic heterocycles. The number of hydrogen-bond donors (Lipinski definition) is 1. The first-order valence-electron chi connectivity index (χ1n) is 7.44. The van der Waals surface area contributed by atoms with E-state index in [0.29, 0.717) is 6.61 Å². The number of guanidine groups is 1. The first kappa shape index (κ1) is 17.7. The maximum Gasteiger partial charge on any atom is 0.193 e. The van der Waals surface area contributed by atoms with Crippen LogP contribution in [0.1, 0.15) is 13.3 Å². The van der Waals surface area contributed by atoms with Crippen LogP contribution in [0.15, 0.2) is 35.3 Å². The van der Waals surface area contributed by atoms with Gasteiger partial charge in [0.15, 0.2) is 5.96 Å². The van der Waals surface area contributed by atoms with E-state index in [2.05, 4.69) is 28.4 Å². The zero-order valence-electron chi connectivity index (χ0n) is 13.3. The van der Waals surface area contributed by atoms with Gasteiger partial charge in [-0.1, -0.05) is 18.2 Å². The molecule has 21 heavy (non-hydrogen) atoms. The number of rotatable bonds is 9. The summed E-state index contributed by atoms with van der Waals surface area (Å²) >= 11 is 1.86. The predicted molar refractivity (Wildman–Crippen MR) is 93.5 cm³/mol. The summed E-state index contributed by atoms with van der Waals surface area (Å²) in [5, 5.41) is 3.32. The molecule has 0 saturated carbocycles. The van der Waals surface area contributed by atoms with Gasteiger partial charge in [-0.15, -0.1) is 0 Å². The summed E-state index contributed by atoms with van der Waals surface area (Å²) in [5.74, 6) is 3.02. The minimum atomic E-state index is 0.649. The number of thioether (sulfide) groups is 1. The Kier molecular flexibility index (Phi) is 9.53. The summed E-state index contributed by atoms with van der Waals surface area (Å²) in [6, 6.07) is 9.90. The number of hydrogen-bond acceptors (Lipinski definition) is 3. The predicted octanol–water partition coefficient (Wildman–Crippen LogP) is 2.72. The molecule has 0 spiro atoms. The lowest BCUT2D eigenvalue weighted by molar-refractivity contribution is 0.281. The quantitative estimate of drug-likeness (QED) is 0.432. The Balaban J connectivity index is 2.35. The zero-order valence-corrected chi connectivity index (χ0v) is 14.2. The van der Waals surface area contributed by atoms with Crippen LogP contribution < -0.4 is 10.1 Å². The molecule has 0 fully saturated rings. The highest BCUT2D eigenvalue weighted by molar-refractivity contribution is 7.98. The van der Waals surface area contributed by atoms with E-state index < -0.39 is 0 Å². The van der Waals surface area contributed by atoms with Crippen LogP contribution in [0.3, 0.4) is 0 Å². The van der Waals surface area contributed by atoms with Crippen LogP contribution in [-0.4, -0.2) is 56.2 Å². The smallest absolute Gasteiger partial charge is 0.193 e. The molecule has 4 nitrogen and oxygen atoms in total. The largest absolute Gasteiger partial charge is 0.492 e. The highest BCUT2D eigenvalue weighted by Crippen LogP contribution is 2.07. The van der Waals surface area contributed by atoms with Crippen molar-refractivity contribution in [1.29, 1.82) is 0 Å². The summed E-state index contributed by atoms with van der Waals surface area (Å²) in [6.45, 7) is 5.29. The average molecular weight is 309 g/mol. The Morgan fingerprint density at radius 3 is 2.76 bits per heavy atom. The fourth-order valence-corrected chi connectivity index (χ4v) is 2.20. The van der Waals surface area contributed by atoms with E-state index in [0.717, 1.165) is 43.5 Å². The van der Waals surface area contributed by atoms with E-state index in [1.807, 2.05) is 49.1 Å². The maximum absolute atomic E-state index is 5.72. The van der Waals surface area contributed by atoms with Crippen molar-refractivity contribution in [3.63, 3.8) is 0 Å². The average Bonchev–Trinajstić information content (AvgIpc) is 2.51. The normalized spacial score (nSPS) is 11.3. The van der Waals surface area contributed by atoms with Crippen LogP contribution in [0, 0.1) is 0 Å². The Bertz CT molecular complexity index is 398. The van der Waals surface area contributed by atoms with Crippen LogP contribution in [-0.2, 0) is 0 Å². The number of likely N-dealkylation sites (N-methyl/N-ethyl adjacent to an activating group) is 1. The topological polar surface area (TPSA) is 36.9 Å². The van der Waals surface area contributed by atoms with Crippen LogP contribution in [0.2, 0.25) is 0 Å². The Morgan fingerprint density at radius 2 is 2.10 bits per heavy atom. The van der Waals surface area contributed by atoms with Gasteiger partial charge in [0.25, 0.3) is 0 Å². The minimum absolute atomic E-state index is 0.649. The van der Waals surface area contributed by atoms with Crippen LogP contribution in [0.5, 0.6) is 5.75 Å². The van der Waals surface area contributed by atoms with Gasteiger partial charge in [-0.05, 0) is 37.5 Å². The molecule has 0 radical (unpaired) electrons. The lowest BCUT2D eigenvalue weighted by atomic mass is 10.3. The lowest BCUT2D eigenvalue weighted by Crippen LogP contribution is -2.41. The molecule has 0 heterocycles. The molecule has 0 bridgehead atoms. The molecule has 1 aromatic carbocycles. The van der Waals surface area contributed by atoms with Gasteiger partial charge >= 0.3 is 0 Å². The van der Waals surface area contributed by atoms with Crippen LogP contribution in [0.25, 0.3) is 0 Å². The number of para-hydroxylation sites is 1. The van der Waals surface area contributed by atoms with E-state index in [-0.39, 0.29) is 0 Å². The third-order valence-electron chi connectivity index (χ3n) is 2.90. The van der Waals surface area contributed by atoms with E-state index in [4.69, 9.17) is 4.74 Å². The zero-order chi connectivity index (χ0) is 15.3. The summed E-state index contributed by atoms with van der Waals surface area (Å²) < 4.78 is 5.72. The molecule has 1 N–H and O–H groups in total. The van der Waals surface area contributed by atoms with Gasteiger partial charge in [0.2, 0.25) is 0 Å². The molecule has 118 valence electrons. The second-order valence-corrected chi connectivity index (χ2v) is 5.65. The van der Waals surface area contributed by atoms with Crippen molar-refractivity contribution in [2.45, 2.75) is 13.3 Å². The van der Waals surface area contributed by atoms with E-state index in [1.54, 1.807) is 0 Å². The summed E-state index contributed by atoms with van der Waals surface area (Å²) in [4.78, 5) is 6.76. The summed E-state index contributed by atoms with van der Waals surface area (Å²) in [6.07, 6.45) is 3.24. The fourth-order valence-electron chi connectivity index (χ4n) is 1.79. The van der Waals surface area contributed by atoms with Crippen molar-refractivity contribution < 1.29 is 4.74 Å². The summed E-state index contributed by atoms with van der Waals surface area (Å²) in [7, 11) is 2.05. The van der Waals surface area contributed by atoms with Crippen molar-refractivity contribution in [2.24, 2.45) is 4.99 Å². The molecule has 0 amide bonds. The molecular formula is C16H27N3OS. The number of aliphatic imine (C=N–C) groups is 1. The molecule has 0 aliphatic heterocycles. The molecule has 1 rings (SSSR count). The van der Waals surface area contributed by atoms with Gasteiger partial charge in [-0.3, -0.25) is 4.99 Å². The Morgan fingerprint density at radius 1 is 1.33 bits per heavy atom. The molecule has 0 atom stereocenters. The maximum atomic E-state index is 5.72. The lowest BCUT2D eigenvalue weighted by Gasteiger charge is -2.22. The Hall–Kier alpha value is -1.36. The molecule has 0 unspecified atom stereocenters. The van der Waals surface area contributed by atoms with Crippen molar-refractivity contribution in [2.75, 3.05) is 45.3 Å². The molecule has 0 aliphatic rings. The highest BCUT2D eigenvalue weighted by Gasteiger charge is 2.05. The van der Waals surface area contributed by atoms with E-state index >= 15 is 0 Å². The third-order valence-corrected chi connectivity index (χ3v) is 3.60. The van der Waals surface area contributed by atoms with Gasteiger partial charge < -0.3 is 15.0 Å². The van der Waals surface area contributed by atoms with Crippen molar-refractivity contribution in [3.05, 3.63) is 30.3 Å². The molecule has 1 aromatic rings. The monoisotopic (exact) mass is 309 g/mol. The van der Waals surface area contributed by atoms with Crippen molar-refractivity contribution >= 4 is 17.7 Å². The first-order valence-corrected chi connectivity index (χ1v) is 8.83. The molecular weight excluding hydrogens is 282 g/mol. The van der Waals surface area contributed by atoms with E-state index in [9.17, 15) is 0 Å². The second-order valence-electron chi connectivity index (χ2n) is 4.67. The van der Waals surface area contributed by atoms with Gasteiger partial charge in [-0.25, -0.2) is 0 Å². The van der Waals surface area contributed by atoms with Gasteiger partial charge in [0.1, 0.15) is 12.4 Å². The SMILES string of the molecule is CCNC(=NCCCSC)N(C)CCOc1ccccc1. The number of nitrogens with one attached hydrogen (secondary N) is 1. The van der Waals surface area contributed by atoms with Crippen molar-refractivity contribution in [1.82, 2.24) is 10.2 Å². The second kappa shape index (κ2) is 11.3. The number of benzene rings is 1. The van der Waals surface area contributed by atoms with Crippen molar-refractivity contribution in [3.8, 4) is 5.75 Å². The van der Waals surface area contributed by atoms with Crippen LogP contribution >= 0.6 is 11.8 Å². The van der Waals surface area contributed by atoms with Gasteiger partial charge in [0.05, 0.1) is 6.54 Å². The third kappa shape index (κ3) is 7.85. The molecule has 0 saturated heterocycles. The van der Waals surface area contributed by atoms with E-state index in [1.165, 1.54) is 0 Å². The Labute approximate surface area is 133 Å². The summed E-state index contributed by atoms with van der Waals surface area (Å²) in [5.41, 5.74) is 0. The fraction of sp³-hybridized carbons (Fsp3) is 0.562. The minimum Gasteiger partial charge on any atom is -0.492 e. The standard InChI is InChI=1S/C16H27N3OS/c1-4-17-16(18-11-8-14-21-3)19(2)12-13-20-15-9-6-5-7-10-15/h5-7,9-10H,4,8,11-14H2,1-3H3,(H,17,18). The molecule has 5 heteroatoms. The van der Waals surface area contributed by atoms with Gasteiger partial charge in [-0.2, -0.15) is 11.8 Å². The first-order chi connectivity index (χ1) is 10.3. The number of ether oxygens (including phenoxy) is 1. The molecule has 0 aliphatic carbocycles. The van der Waals surface area contributed by atoms with Gasteiger partial charge in [0, 0.05) is 20.1 Å². The highest BCUT2D eigenvalue weighted by atomic mass is 32.2. The van der Waals surface area contributed by atoms with Crippen LogP contribution in [0.4, 0.5) is 0 Å². The number of nitrogens with zero attached hydrogens (tertiary/aromatic N) is 2.